The van der Waals surface area contributed by atoms with Crippen LogP contribution < -0.4 is 11.1 Å². The molecule has 1 aromatic rings. The number of nitrogens with one attached hydrogen (secondary N) is 1. The maximum absolute atomic E-state index is 12.2. The Balaban J connectivity index is 0.00000264. The molecule has 0 spiro atoms. The van der Waals surface area contributed by atoms with E-state index in [9.17, 15) is 4.79 Å². The highest BCUT2D eigenvalue weighted by Gasteiger charge is 2.33. The second-order valence-electron chi connectivity index (χ2n) is 6.35. The molecule has 0 saturated heterocycles. The van der Waals surface area contributed by atoms with Gasteiger partial charge in [-0.1, -0.05) is 25.0 Å². The molecule has 0 atom stereocenters. The second kappa shape index (κ2) is 9.78. The number of carbonyl (C=O) groups is 1. The molecule has 0 heterocycles. The fraction of sp³-hybridized carbons (Fsp3) is 0.611. The minimum atomic E-state index is 0. The lowest BCUT2D eigenvalue weighted by Gasteiger charge is -2.29. The summed E-state index contributed by atoms with van der Waals surface area (Å²) in [6.07, 6.45) is 6.38. The maximum Gasteiger partial charge on any atom is 0.224 e. The van der Waals surface area contributed by atoms with Crippen molar-refractivity contribution in [2.24, 2.45) is 5.41 Å². The van der Waals surface area contributed by atoms with Crippen molar-refractivity contribution in [1.82, 2.24) is 5.32 Å². The number of hydrogen-bond donors (Lipinski definition) is 2. The van der Waals surface area contributed by atoms with Crippen LogP contribution in [-0.2, 0) is 16.0 Å². The highest BCUT2D eigenvalue weighted by atomic mass is 35.5. The zero-order valence-electron chi connectivity index (χ0n) is 14.0. The Labute approximate surface area is 145 Å². The first-order chi connectivity index (χ1) is 10.6. The van der Waals surface area contributed by atoms with Gasteiger partial charge in [0.1, 0.15) is 0 Å². The Morgan fingerprint density at radius 2 is 1.91 bits per heavy atom. The average molecular weight is 341 g/mol. The number of ether oxygens (including phenoxy) is 1. The van der Waals surface area contributed by atoms with E-state index in [1.54, 1.807) is 0 Å². The van der Waals surface area contributed by atoms with Gasteiger partial charge in [-0.25, -0.2) is 0 Å². The summed E-state index contributed by atoms with van der Waals surface area (Å²) < 4.78 is 5.51. The van der Waals surface area contributed by atoms with Gasteiger partial charge in [0.15, 0.2) is 0 Å². The number of halogens is 1. The fourth-order valence-electron chi connectivity index (χ4n) is 3.24. The van der Waals surface area contributed by atoms with Crippen LogP contribution in [0.15, 0.2) is 24.3 Å². The summed E-state index contributed by atoms with van der Waals surface area (Å²) in [5.74, 6) is 0.0902. The molecular weight excluding hydrogens is 312 g/mol. The van der Waals surface area contributed by atoms with E-state index in [2.05, 4.69) is 5.32 Å². The van der Waals surface area contributed by atoms with Gasteiger partial charge in [0, 0.05) is 25.4 Å². The number of amides is 1. The molecule has 5 heteroatoms. The highest BCUT2D eigenvalue weighted by molar-refractivity contribution is 5.85. The molecular formula is C18H29ClN2O2. The van der Waals surface area contributed by atoms with E-state index in [0.29, 0.717) is 6.42 Å². The van der Waals surface area contributed by atoms with Crippen molar-refractivity contribution >= 4 is 24.0 Å². The molecule has 1 aromatic carbocycles. The first-order valence-electron chi connectivity index (χ1n) is 8.32. The molecule has 1 fully saturated rings. The van der Waals surface area contributed by atoms with E-state index >= 15 is 0 Å². The lowest BCUT2D eigenvalue weighted by Crippen LogP contribution is -2.37. The maximum atomic E-state index is 12.2. The lowest BCUT2D eigenvalue weighted by atomic mass is 9.83. The van der Waals surface area contributed by atoms with Crippen LogP contribution in [-0.4, -0.2) is 25.7 Å². The SMILES string of the molecule is CCOCCC1(CNC(=O)Cc2ccc(N)cc2)CCCC1.Cl. The Hall–Kier alpha value is -1.26. The topological polar surface area (TPSA) is 64.3 Å². The van der Waals surface area contributed by atoms with Crippen molar-refractivity contribution < 1.29 is 9.53 Å². The largest absolute Gasteiger partial charge is 0.399 e. The summed E-state index contributed by atoms with van der Waals surface area (Å²) >= 11 is 0. The minimum Gasteiger partial charge on any atom is -0.399 e. The molecule has 0 aromatic heterocycles. The first kappa shape index (κ1) is 19.8. The standard InChI is InChI=1S/C18H28N2O2.ClH/c1-2-22-12-11-18(9-3-4-10-18)14-20-17(21)13-15-5-7-16(19)8-6-15;/h5-8H,2-4,9-14,19H2,1H3,(H,20,21);1H. The van der Waals surface area contributed by atoms with Crippen molar-refractivity contribution in [1.29, 1.82) is 0 Å². The Kier molecular flexibility index (Phi) is 8.42. The fourth-order valence-corrected chi connectivity index (χ4v) is 3.24. The Morgan fingerprint density at radius 1 is 1.26 bits per heavy atom. The Morgan fingerprint density at radius 3 is 2.52 bits per heavy atom. The van der Waals surface area contributed by atoms with Gasteiger partial charge < -0.3 is 15.8 Å². The van der Waals surface area contributed by atoms with Crippen LogP contribution in [0.4, 0.5) is 5.69 Å². The molecule has 1 amide bonds. The molecule has 0 radical (unpaired) electrons. The number of benzene rings is 1. The summed E-state index contributed by atoms with van der Waals surface area (Å²) in [4.78, 5) is 12.2. The summed E-state index contributed by atoms with van der Waals surface area (Å²) in [5, 5.41) is 3.13. The zero-order valence-corrected chi connectivity index (χ0v) is 14.8. The molecule has 1 aliphatic rings. The molecule has 2 rings (SSSR count). The van der Waals surface area contributed by atoms with Crippen LogP contribution in [0, 0.1) is 5.41 Å². The van der Waals surface area contributed by atoms with E-state index in [4.69, 9.17) is 10.5 Å². The van der Waals surface area contributed by atoms with Gasteiger partial charge in [-0.3, -0.25) is 4.79 Å². The quantitative estimate of drug-likeness (QED) is 0.563. The van der Waals surface area contributed by atoms with Crippen LogP contribution in [0.3, 0.4) is 0 Å². The van der Waals surface area contributed by atoms with E-state index < -0.39 is 0 Å². The van der Waals surface area contributed by atoms with Crippen LogP contribution in [0.25, 0.3) is 0 Å². The second-order valence-corrected chi connectivity index (χ2v) is 6.35. The van der Waals surface area contributed by atoms with E-state index in [0.717, 1.165) is 37.4 Å². The monoisotopic (exact) mass is 340 g/mol. The van der Waals surface area contributed by atoms with Gasteiger partial charge in [-0.05, 0) is 49.3 Å². The third-order valence-electron chi connectivity index (χ3n) is 4.65. The van der Waals surface area contributed by atoms with Crippen molar-refractivity contribution in [3.8, 4) is 0 Å². The number of nitrogen functional groups attached to an aromatic ring is 1. The van der Waals surface area contributed by atoms with E-state index in [1.807, 2.05) is 31.2 Å². The van der Waals surface area contributed by atoms with Crippen molar-refractivity contribution in [2.75, 3.05) is 25.5 Å². The third kappa shape index (κ3) is 6.40. The predicted molar refractivity (Wildman–Crippen MR) is 96.8 cm³/mol. The predicted octanol–water partition coefficient (Wildman–Crippen LogP) is 3.34. The molecule has 4 nitrogen and oxygen atoms in total. The lowest BCUT2D eigenvalue weighted by molar-refractivity contribution is -0.121. The van der Waals surface area contributed by atoms with Gasteiger partial charge in [-0.15, -0.1) is 12.4 Å². The number of anilines is 1. The number of hydrogen-bond acceptors (Lipinski definition) is 3. The molecule has 0 aliphatic heterocycles. The van der Waals surface area contributed by atoms with Gasteiger partial charge in [0.05, 0.1) is 6.42 Å². The van der Waals surface area contributed by atoms with E-state index in [1.165, 1.54) is 25.7 Å². The van der Waals surface area contributed by atoms with Gasteiger partial charge >= 0.3 is 0 Å². The zero-order chi connectivity index (χ0) is 15.8. The number of carbonyl (C=O) groups excluding carboxylic acids is 1. The smallest absolute Gasteiger partial charge is 0.224 e. The third-order valence-corrected chi connectivity index (χ3v) is 4.65. The highest BCUT2D eigenvalue weighted by Crippen LogP contribution is 2.40. The van der Waals surface area contributed by atoms with Crippen molar-refractivity contribution in [3.05, 3.63) is 29.8 Å². The van der Waals surface area contributed by atoms with Crippen LogP contribution >= 0.6 is 12.4 Å². The molecule has 1 saturated carbocycles. The molecule has 0 unspecified atom stereocenters. The minimum absolute atomic E-state index is 0. The number of rotatable bonds is 8. The van der Waals surface area contributed by atoms with E-state index in [-0.39, 0.29) is 23.7 Å². The van der Waals surface area contributed by atoms with Crippen LogP contribution in [0.1, 0.15) is 44.6 Å². The average Bonchev–Trinajstić information content (AvgIpc) is 2.97. The van der Waals surface area contributed by atoms with Crippen molar-refractivity contribution in [2.45, 2.75) is 45.4 Å². The molecule has 23 heavy (non-hydrogen) atoms. The molecule has 1 aliphatic carbocycles. The first-order valence-corrected chi connectivity index (χ1v) is 8.32. The summed E-state index contributed by atoms with van der Waals surface area (Å²) in [5.41, 5.74) is 7.63. The molecule has 0 bridgehead atoms. The van der Waals surface area contributed by atoms with Crippen LogP contribution in [0.2, 0.25) is 0 Å². The normalized spacial score (nSPS) is 15.9. The van der Waals surface area contributed by atoms with Crippen LogP contribution in [0.5, 0.6) is 0 Å². The summed E-state index contributed by atoms with van der Waals surface area (Å²) in [7, 11) is 0. The Bertz CT molecular complexity index is 470. The molecule has 130 valence electrons. The summed E-state index contributed by atoms with van der Waals surface area (Å²) in [6, 6.07) is 7.50. The van der Waals surface area contributed by atoms with Crippen molar-refractivity contribution in [3.63, 3.8) is 0 Å². The summed E-state index contributed by atoms with van der Waals surface area (Å²) in [6.45, 7) is 4.35. The van der Waals surface area contributed by atoms with Gasteiger partial charge in [0.25, 0.3) is 0 Å². The van der Waals surface area contributed by atoms with Gasteiger partial charge in [0.2, 0.25) is 5.91 Å². The molecule has 3 N–H and O–H groups in total. The number of nitrogens with two attached hydrogens (primary N) is 1. The van der Waals surface area contributed by atoms with Gasteiger partial charge in [-0.2, -0.15) is 0 Å².